The van der Waals surface area contributed by atoms with E-state index in [1.54, 1.807) is 17.0 Å². The second-order valence-electron chi connectivity index (χ2n) is 5.75. The summed E-state index contributed by atoms with van der Waals surface area (Å²) in [6.45, 7) is 6.84. The lowest BCUT2D eigenvalue weighted by molar-refractivity contribution is 0.0643. The number of hydrogen-bond acceptors (Lipinski definition) is 3. The topological polar surface area (TPSA) is 70.5 Å². The number of carbonyl (C=O) groups is 2. The molecule has 2 heterocycles. The number of rotatable bonds is 2. The van der Waals surface area contributed by atoms with Gasteiger partial charge in [-0.25, -0.2) is 9.78 Å². The lowest BCUT2D eigenvalue weighted by Gasteiger charge is -2.31. The van der Waals surface area contributed by atoms with Crippen LogP contribution in [0.5, 0.6) is 0 Å². The molecule has 0 spiro atoms. The number of likely N-dealkylation sites (tertiary alicyclic amines) is 1. The van der Waals surface area contributed by atoms with Crippen molar-refractivity contribution in [2.75, 3.05) is 6.54 Å². The van der Waals surface area contributed by atoms with Crippen molar-refractivity contribution in [1.82, 2.24) is 9.88 Å². The van der Waals surface area contributed by atoms with Crippen LogP contribution in [-0.4, -0.2) is 39.0 Å². The van der Waals surface area contributed by atoms with E-state index in [0.717, 1.165) is 6.42 Å². The molecule has 102 valence electrons. The number of carboxylic acid groups (broad SMARTS) is 1. The SMILES string of the molecule is CC1CN(C(=O)c2cccc(C(=O)O)n2)C(C)(C)C1. The summed E-state index contributed by atoms with van der Waals surface area (Å²) in [5.41, 5.74) is -0.116. The molecule has 0 bridgehead atoms. The normalized spacial score (nSPS) is 21.4. The van der Waals surface area contributed by atoms with E-state index in [1.165, 1.54) is 6.07 Å². The van der Waals surface area contributed by atoms with Crippen molar-refractivity contribution >= 4 is 11.9 Å². The molecule has 0 aliphatic carbocycles. The molecular weight excluding hydrogens is 244 g/mol. The monoisotopic (exact) mass is 262 g/mol. The highest BCUT2D eigenvalue weighted by Gasteiger charge is 2.40. The molecule has 1 amide bonds. The highest BCUT2D eigenvalue weighted by molar-refractivity contribution is 5.94. The van der Waals surface area contributed by atoms with E-state index in [-0.39, 0.29) is 22.8 Å². The molecule has 1 aromatic rings. The third-order valence-electron chi connectivity index (χ3n) is 3.51. The lowest BCUT2D eigenvalue weighted by atomic mass is 9.97. The van der Waals surface area contributed by atoms with Gasteiger partial charge in [-0.2, -0.15) is 0 Å². The van der Waals surface area contributed by atoms with Crippen LogP contribution >= 0.6 is 0 Å². The number of aromatic carboxylic acids is 1. The number of carbonyl (C=O) groups excluding carboxylic acids is 1. The molecule has 1 aromatic heterocycles. The molecule has 1 fully saturated rings. The molecule has 1 atom stereocenters. The molecule has 5 nitrogen and oxygen atoms in total. The first-order valence-corrected chi connectivity index (χ1v) is 6.33. The number of carboxylic acids is 1. The Hall–Kier alpha value is -1.91. The predicted molar refractivity (Wildman–Crippen MR) is 70.1 cm³/mol. The molecule has 1 unspecified atom stereocenters. The van der Waals surface area contributed by atoms with Gasteiger partial charge in [-0.1, -0.05) is 13.0 Å². The first kappa shape index (κ1) is 13.5. The highest BCUT2D eigenvalue weighted by atomic mass is 16.4. The number of hydrogen-bond donors (Lipinski definition) is 1. The largest absolute Gasteiger partial charge is 0.477 e. The third kappa shape index (κ3) is 2.59. The molecule has 1 saturated heterocycles. The summed E-state index contributed by atoms with van der Waals surface area (Å²) in [6.07, 6.45) is 0.942. The number of amides is 1. The highest BCUT2D eigenvalue weighted by Crippen LogP contribution is 2.33. The Kier molecular flexibility index (Phi) is 3.30. The number of pyridine rings is 1. The van der Waals surface area contributed by atoms with E-state index >= 15 is 0 Å². The van der Waals surface area contributed by atoms with Gasteiger partial charge in [-0.05, 0) is 38.3 Å². The Morgan fingerprint density at radius 3 is 2.53 bits per heavy atom. The van der Waals surface area contributed by atoms with E-state index in [4.69, 9.17) is 5.11 Å². The molecule has 1 N–H and O–H groups in total. The summed E-state index contributed by atoms with van der Waals surface area (Å²) in [7, 11) is 0. The van der Waals surface area contributed by atoms with Crippen LogP contribution in [0.4, 0.5) is 0 Å². The van der Waals surface area contributed by atoms with E-state index in [9.17, 15) is 9.59 Å². The van der Waals surface area contributed by atoms with Crippen LogP contribution in [0, 0.1) is 5.92 Å². The van der Waals surface area contributed by atoms with Gasteiger partial charge in [0.05, 0.1) is 0 Å². The van der Waals surface area contributed by atoms with Gasteiger partial charge in [0.2, 0.25) is 0 Å². The molecule has 1 aliphatic rings. The van der Waals surface area contributed by atoms with Crippen molar-refractivity contribution in [2.45, 2.75) is 32.7 Å². The summed E-state index contributed by atoms with van der Waals surface area (Å²) in [4.78, 5) is 29.0. The van der Waals surface area contributed by atoms with Crippen LogP contribution in [0.3, 0.4) is 0 Å². The van der Waals surface area contributed by atoms with Gasteiger partial charge in [0.1, 0.15) is 11.4 Å². The maximum absolute atomic E-state index is 12.5. The maximum Gasteiger partial charge on any atom is 0.354 e. The molecule has 0 saturated carbocycles. The van der Waals surface area contributed by atoms with Crippen molar-refractivity contribution in [3.63, 3.8) is 0 Å². The predicted octanol–water partition coefficient (Wildman–Crippen LogP) is 2.04. The van der Waals surface area contributed by atoms with Crippen molar-refractivity contribution in [1.29, 1.82) is 0 Å². The average Bonchev–Trinajstić information content (AvgIpc) is 2.61. The molecule has 1 aliphatic heterocycles. The third-order valence-corrected chi connectivity index (χ3v) is 3.51. The quantitative estimate of drug-likeness (QED) is 0.885. The van der Waals surface area contributed by atoms with Crippen molar-refractivity contribution in [2.24, 2.45) is 5.92 Å². The van der Waals surface area contributed by atoms with Gasteiger partial charge in [0, 0.05) is 12.1 Å². The molecule has 0 radical (unpaired) electrons. The summed E-state index contributed by atoms with van der Waals surface area (Å²) >= 11 is 0. The summed E-state index contributed by atoms with van der Waals surface area (Å²) in [5, 5.41) is 8.91. The van der Waals surface area contributed by atoms with Crippen molar-refractivity contribution in [3.05, 3.63) is 29.6 Å². The standard InChI is InChI=1S/C14H18N2O3/c1-9-7-14(2,3)16(8-9)12(17)10-5-4-6-11(15-10)13(18)19/h4-6,9H,7-8H2,1-3H3,(H,18,19). The van der Waals surface area contributed by atoms with Crippen molar-refractivity contribution in [3.8, 4) is 0 Å². The van der Waals surface area contributed by atoms with Gasteiger partial charge < -0.3 is 10.0 Å². The van der Waals surface area contributed by atoms with E-state index in [0.29, 0.717) is 12.5 Å². The fourth-order valence-corrected chi connectivity index (χ4v) is 2.76. The number of aromatic nitrogens is 1. The van der Waals surface area contributed by atoms with Crippen LogP contribution in [0.1, 0.15) is 48.2 Å². The average molecular weight is 262 g/mol. The zero-order valence-electron chi connectivity index (χ0n) is 11.4. The molecule has 5 heteroatoms. The van der Waals surface area contributed by atoms with Gasteiger partial charge in [0.15, 0.2) is 0 Å². The first-order valence-electron chi connectivity index (χ1n) is 6.33. The van der Waals surface area contributed by atoms with Crippen molar-refractivity contribution < 1.29 is 14.7 Å². The van der Waals surface area contributed by atoms with E-state index in [1.807, 2.05) is 13.8 Å². The zero-order chi connectivity index (χ0) is 14.2. The van der Waals surface area contributed by atoms with Gasteiger partial charge >= 0.3 is 5.97 Å². The Morgan fingerprint density at radius 1 is 1.37 bits per heavy atom. The van der Waals surface area contributed by atoms with Gasteiger partial charge in [-0.15, -0.1) is 0 Å². The zero-order valence-corrected chi connectivity index (χ0v) is 11.4. The van der Waals surface area contributed by atoms with E-state index in [2.05, 4.69) is 11.9 Å². The van der Waals surface area contributed by atoms with Gasteiger partial charge in [0.25, 0.3) is 5.91 Å². The Labute approximate surface area is 112 Å². The first-order chi connectivity index (χ1) is 8.81. The van der Waals surface area contributed by atoms with Crippen LogP contribution in [-0.2, 0) is 0 Å². The second kappa shape index (κ2) is 4.64. The minimum Gasteiger partial charge on any atom is -0.477 e. The Morgan fingerprint density at radius 2 is 2.00 bits per heavy atom. The van der Waals surface area contributed by atoms with Crippen LogP contribution in [0.15, 0.2) is 18.2 Å². The number of nitrogens with zero attached hydrogens (tertiary/aromatic N) is 2. The van der Waals surface area contributed by atoms with Crippen LogP contribution in [0.2, 0.25) is 0 Å². The van der Waals surface area contributed by atoms with Gasteiger partial charge in [-0.3, -0.25) is 4.79 Å². The Bertz CT molecular complexity index is 525. The van der Waals surface area contributed by atoms with E-state index < -0.39 is 5.97 Å². The summed E-state index contributed by atoms with van der Waals surface area (Å²) in [5.74, 6) is -0.872. The fourth-order valence-electron chi connectivity index (χ4n) is 2.76. The lowest BCUT2D eigenvalue weighted by Crippen LogP contribution is -2.43. The second-order valence-corrected chi connectivity index (χ2v) is 5.75. The molecular formula is C14H18N2O3. The minimum atomic E-state index is -1.12. The molecule has 0 aromatic carbocycles. The molecule has 19 heavy (non-hydrogen) atoms. The van der Waals surface area contributed by atoms with Crippen LogP contribution < -0.4 is 0 Å². The minimum absolute atomic E-state index is 0.101. The maximum atomic E-state index is 12.5. The Balaban J connectivity index is 2.30. The smallest absolute Gasteiger partial charge is 0.354 e. The summed E-state index contributed by atoms with van der Waals surface area (Å²) in [6, 6.07) is 4.50. The summed E-state index contributed by atoms with van der Waals surface area (Å²) < 4.78 is 0. The fraction of sp³-hybridized carbons (Fsp3) is 0.500. The van der Waals surface area contributed by atoms with Crippen LogP contribution in [0.25, 0.3) is 0 Å². The molecule has 2 rings (SSSR count).